The molecule has 2 aromatic carbocycles. The van der Waals surface area contributed by atoms with Crippen LogP contribution in [-0.2, 0) is 13.9 Å². The third kappa shape index (κ3) is 1.20. The number of hydrogen-bond acceptors (Lipinski definition) is 2. The summed E-state index contributed by atoms with van der Waals surface area (Å²) in [5.41, 5.74) is 4.54. The molecule has 0 aromatic heterocycles. The van der Waals surface area contributed by atoms with Crippen molar-refractivity contribution in [3.8, 4) is 0 Å². The van der Waals surface area contributed by atoms with E-state index in [0.717, 1.165) is 22.3 Å². The van der Waals surface area contributed by atoms with Gasteiger partial charge in [0.15, 0.2) is 0 Å². The summed E-state index contributed by atoms with van der Waals surface area (Å²) in [6, 6.07) is 16.3. The number of carbonyl (C=O) groups is 2. The molecule has 0 saturated carbocycles. The van der Waals surface area contributed by atoms with Crippen molar-refractivity contribution in [1.29, 1.82) is 0 Å². The maximum absolute atomic E-state index is 12.5. The Balaban J connectivity index is 1.94. The number of benzene rings is 2. The van der Waals surface area contributed by atoms with Crippen LogP contribution in [0.3, 0.4) is 0 Å². The molecule has 22 heavy (non-hydrogen) atoms. The predicted molar refractivity (Wildman–Crippen MR) is 84.6 cm³/mol. The molecule has 1 N–H and O–H groups in total. The lowest BCUT2D eigenvalue weighted by Crippen LogP contribution is -2.50. The molecule has 0 radical (unpaired) electrons. The SMILES string of the molecule is O=C1NC(=O)[C@H]2[C@H]1C1c3ccccc3C2(Br)c2ccccc21. The standard InChI is InChI=1S/C18H12BrNO2/c19-18-11-7-3-1-5-9(11)13(10-6-2-4-8-12(10)18)14-15(18)17(22)20-16(14)21/h1-8,13-15H,(H,20,21,22)/t13?,14-,15-,18?/m1/s1. The highest BCUT2D eigenvalue weighted by atomic mass is 79.9. The number of carbonyl (C=O) groups excluding carboxylic acids is 2. The number of rotatable bonds is 0. The topological polar surface area (TPSA) is 46.2 Å². The maximum Gasteiger partial charge on any atom is 0.232 e. The minimum absolute atomic E-state index is 0.0386. The van der Waals surface area contributed by atoms with Crippen molar-refractivity contribution < 1.29 is 9.59 Å². The van der Waals surface area contributed by atoms with Crippen molar-refractivity contribution in [2.75, 3.05) is 0 Å². The highest BCUT2D eigenvalue weighted by molar-refractivity contribution is 9.09. The van der Waals surface area contributed by atoms with E-state index in [4.69, 9.17) is 0 Å². The second-order valence-electron chi connectivity index (χ2n) is 6.22. The van der Waals surface area contributed by atoms with Crippen LogP contribution in [0, 0.1) is 11.8 Å². The molecular weight excluding hydrogens is 342 g/mol. The predicted octanol–water partition coefficient (Wildman–Crippen LogP) is 2.67. The third-order valence-electron chi connectivity index (χ3n) is 5.35. The van der Waals surface area contributed by atoms with Crippen LogP contribution in [-0.4, -0.2) is 11.8 Å². The van der Waals surface area contributed by atoms with Gasteiger partial charge in [0.25, 0.3) is 0 Å². The van der Waals surface area contributed by atoms with Gasteiger partial charge < -0.3 is 0 Å². The van der Waals surface area contributed by atoms with Crippen LogP contribution in [0.1, 0.15) is 28.2 Å². The first kappa shape index (κ1) is 12.6. The summed E-state index contributed by atoms with van der Waals surface area (Å²) in [6.07, 6.45) is 0. The van der Waals surface area contributed by atoms with Gasteiger partial charge in [-0.3, -0.25) is 14.9 Å². The van der Waals surface area contributed by atoms with Crippen LogP contribution in [0.4, 0.5) is 0 Å². The van der Waals surface area contributed by atoms with E-state index in [1.165, 1.54) is 0 Å². The zero-order chi connectivity index (χ0) is 15.1. The molecule has 0 unspecified atom stereocenters. The lowest BCUT2D eigenvalue weighted by atomic mass is 9.55. The fourth-order valence-electron chi connectivity index (χ4n) is 4.60. The van der Waals surface area contributed by atoms with Gasteiger partial charge in [0, 0.05) is 5.92 Å². The van der Waals surface area contributed by atoms with Crippen LogP contribution in [0.25, 0.3) is 0 Å². The normalized spacial score (nSPS) is 34.0. The van der Waals surface area contributed by atoms with Crippen molar-refractivity contribution in [1.82, 2.24) is 5.32 Å². The molecule has 3 nitrogen and oxygen atoms in total. The fourth-order valence-corrected chi connectivity index (χ4v) is 5.82. The smallest absolute Gasteiger partial charge is 0.232 e. The molecule has 1 saturated heterocycles. The summed E-state index contributed by atoms with van der Waals surface area (Å²) in [6.45, 7) is 0. The van der Waals surface area contributed by atoms with Crippen LogP contribution in [0.15, 0.2) is 48.5 Å². The average Bonchev–Trinajstić information content (AvgIpc) is 2.84. The van der Waals surface area contributed by atoms with Gasteiger partial charge in [0.2, 0.25) is 11.8 Å². The summed E-state index contributed by atoms with van der Waals surface area (Å²) in [4.78, 5) is 24.9. The number of nitrogens with one attached hydrogen (secondary N) is 1. The summed E-state index contributed by atoms with van der Waals surface area (Å²) >= 11 is 3.89. The number of imide groups is 1. The molecule has 0 spiro atoms. The highest BCUT2D eigenvalue weighted by Gasteiger charge is 2.65. The van der Waals surface area contributed by atoms with Crippen molar-refractivity contribution in [3.63, 3.8) is 0 Å². The molecule has 2 bridgehead atoms. The minimum Gasteiger partial charge on any atom is -0.296 e. The second kappa shape index (κ2) is 3.87. The van der Waals surface area contributed by atoms with E-state index in [1.54, 1.807) is 0 Å². The molecule has 2 amide bonds. The van der Waals surface area contributed by atoms with Gasteiger partial charge in [-0.2, -0.15) is 0 Å². The molecule has 4 aliphatic rings. The Kier molecular flexibility index (Phi) is 2.22. The molecular formula is C18H12BrNO2. The average molecular weight is 354 g/mol. The van der Waals surface area contributed by atoms with Crippen LogP contribution >= 0.6 is 15.9 Å². The summed E-state index contributed by atoms with van der Waals surface area (Å²) < 4.78 is -0.615. The van der Waals surface area contributed by atoms with E-state index in [1.807, 2.05) is 24.3 Å². The lowest BCUT2D eigenvalue weighted by molar-refractivity contribution is -0.126. The molecule has 3 aliphatic carbocycles. The van der Waals surface area contributed by atoms with E-state index < -0.39 is 4.32 Å². The van der Waals surface area contributed by atoms with Crippen molar-refractivity contribution in [3.05, 3.63) is 70.8 Å². The molecule has 2 atom stereocenters. The van der Waals surface area contributed by atoms with E-state index in [-0.39, 0.29) is 29.6 Å². The molecule has 2 aromatic rings. The Bertz CT molecular complexity index is 812. The molecule has 1 aliphatic heterocycles. The third-order valence-corrected chi connectivity index (χ3v) is 6.70. The molecule has 108 valence electrons. The summed E-state index contributed by atoms with van der Waals surface area (Å²) in [5, 5.41) is 2.55. The number of amides is 2. The van der Waals surface area contributed by atoms with E-state index in [9.17, 15) is 9.59 Å². The van der Waals surface area contributed by atoms with Gasteiger partial charge >= 0.3 is 0 Å². The molecule has 6 rings (SSSR count). The minimum atomic E-state index is -0.615. The number of hydrogen-bond donors (Lipinski definition) is 1. The highest BCUT2D eigenvalue weighted by Crippen LogP contribution is 2.65. The van der Waals surface area contributed by atoms with E-state index in [0.29, 0.717) is 0 Å². The van der Waals surface area contributed by atoms with Crippen molar-refractivity contribution >= 4 is 27.7 Å². The van der Waals surface area contributed by atoms with Gasteiger partial charge in [-0.05, 0) is 22.3 Å². The quantitative estimate of drug-likeness (QED) is 0.584. The van der Waals surface area contributed by atoms with Crippen molar-refractivity contribution in [2.45, 2.75) is 10.2 Å². The number of alkyl halides is 1. The Labute approximate surface area is 135 Å². The Morgan fingerprint density at radius 2 is 1.41 bits per heavy atom. The van der Waals surface area contributed by atoms with Gasteiger partial charge in [0.05, 0.1) is 16.2 Å². The van der Waals surface area contributed by atoms with Crippen molar-refractivity contribution in [2.24, 2.45) is 11.8 Å². The van der Waals surface area contributed by atoms with Crippen LogP contribution in [0.2, 0.25) is 0 Å². The Morgan fingerprint density at radius 1 is 0.864 bits per heavy atom. The fraction of sp³-hybridized carbons (Fsp3) is 0.222. The first-order valence-corrected chi connectivity index (χ1v) is 8.15. The van der Waals surface area contributed by atoms with Gasteiger partial charge in [-0.25, -0.2) is 0 Å². The zero-order valence-corrected chi connectivity index (χ0v) is 13.1. The summed E-state index contributed by atoms with van der Waals surface area (Å²) in [7, 11) is 0. The van der Waals surface area contributed by atoms with Gasteiger partial charge in [-0.15, -0.1) is 0 Å². The second-order valence-corrected chi connectivity index (χ2v) is 7.47. The zero-order valence-electron chi connectivity index (χ0n) is 11.5. The van der Waals surface area contributed by atoms with E-state index in [2.05, 4.69) is 45.5 Å². The van der Waals surface area contributed by atoms with Crippen LogP contribution < -0.4 is 5.32 Å². The Morgan fingerprint density at radius 3 is 2.00 bits per heavy atom. The molecule has 1 fully saturated rings. The maximum atomic E-state index is 12.5. The molecule has 1 heterocycles. The monoisotopic (exact) mass is 353 g/mol. The Hall–Kier alpha value is -1.94. The molecule has 4 heteroatoms. The van der Waals surface area contributed by atoms with Crippen LogP contribution in [0.5, 0.6) is 0 Å². The number of halogens is 1. The lowest BCUT2D eigenvalue weighted by Gasteiger charge is -2.51. The van der Waals surface area contributed by atoms with E-state index >= 15 is 0 Å². The first-order valence-electron chi connectivity index (χ1n) is 7.36. The van der Waals surface area contributed by atoms with Gasteiger partial charge in [0.1, 0.15) is 0 Å². The largest absolute Gasteiger partial charge is 0.296 e. The summed E-state index contributed by atoms with van der Waals surface area (Å²) in [5.74, 6) is -1.05. The van der Waals surface area contributed by atoms with Gasteiger partial charge in [-0.1, -0.05) is 64.5 Å². The first-order chi connectivity index (χ1) is 10.6.